The molecular formula is C13H11N3O2. The molecule has 5 nitrogen and oxygen atoms in total. The first-order chi connectivity index (χ1) is 8.83. The fraction of sp³-hybridized carbons (Fsp3) is 0.154. The highest BCUT2D eigenvalue weighted by atomic mass is 16.5. The third-order valence-corrected chi connectivity index (χ3v) is 2.42. The van der Waals surface area contributed by atoms with Crippen LogP contribution in [0.3, 0.4) is 0 Å². The quantitative estimate of drug-likeness (QED) is 0.823. The fourth-order valence-electron chi connectivity index (χ4n) is 1.58. The van der Waals surface area contributed by atoms with Gasteiger partial charge in [0.15, 0.2) is 5.69 Å². The van der Waals surface area contributed by atoms with E-state index in [0.717, 1.165) is 5.69 Å². The molecule has 0 atom stereocenters. The van der Waals surface area contributed by atoms with Crippen molar-refractivity contribution in [1.82, 2.24) is 5.16 Å². The van der Waals surface area contributed by atoms with Gasteiger partial charge in [0.1, 0.15) is 6.26 Å². The Hall–Kier alpha value is -2.61. The minimum absolute atomic E-state index is 0.233. The molecule has 0 unspecified atom stereocenters. The summed E-state index contributed by atoms with van der Waals surface area (Å²) in [5.74, 6) is -0.273. The van der Waals surface area contributed by atoms with Crippen LogP contribution in [-0.4, -0.2) is 17.6 Å². The summed E-state index contributed by atoms with van der Waals surface area (Å²) in [4.78, 5) is 13.7. The first-order valence-corrected chi connectivity index (χ1v) is 5.47. The predicted molar refractivity (Wildman–Crippen MR) is 64.9 cm³/mol. The molecular weight excluding hydrogens is 230 g/mol. The third kappa shape index (κ3) is 2.55. The second-order valence-corrected chi connectivity index (χ2v) is 3.59. The first kappa shape index (κ1) is 11.9. The SMILES string of the molecule is N#CCCN(C(=O)c1ccon1)c1ccccc1. The second kappa shape index (κ2) is 5.64. The second-order valence-electron chi connectivity index (χ2n) is 3.59. The lowest BCUT2D eigenvalue weighted by Crippen LogP contribution is -2.32. The van der Waals surface area contributed by atoms with Crippen molar-refractivity contribution < 1.29 is 9.32 Å². The van der Waals surface area contributed by atoms with Gasteiger partial charge in [-0.05, 0) is 12.1 Å². The number of anilines is 1. The van der Waals surface area contributed by atoms with Gasteiger partial charge in [0, 0.05) is 18.3 Å². The van der Waals surface area contributed by atoms with Crippen LogP contribution in [0, 0.1) is 11.3 Å². The lowest BCUT2D eigenvalue weighted by atomic mass is 10.2. The van der Waals surface area contributed by atoms with Gasteiger partial charge >= 0.3 is 0 Å². The third-order valence-electron chi connectivity index (χ3n) is 2.42. The van der Waals surface area contributed by atoms with Crippen LogP contribution in [0.1, 0.15) is 16.9 Å². The maximum Gasteiger partial charge on any atom is 0.280 e. The molecule has 2 rings (SSSR count). The molecule has 2 aromatic rings. The van der Waals surface area contributed by atoms with Gasteiger partial charge in [-0.25, -0.2) is 0 Å². The molecule has 1 aromatic carbocycles. The Bertz CT molecular complexity index is 543. The number of hydrogen-bond donors (Lipinski definition) is 0. The average molecular weight is 241 g/mol. The highest BCUT2D eigenvalue weighted by molar-refractivity contribution is 6.04. The maximum absolute atomic E-state index is 12.2. The number of nitrogens with zero attached hydrogens (tertiary/aromatic N) is 3. The van der Waals surface area contributed by atoms with Crippen LogP contribution in [0.5, 0.6) is 0 Å². The number of benzene rings is 1. The van der Waals surface area contributed by atoms with E-state index in [1.165, 1.54) is 17.2 Å². The predicted octanol–water partition coefficient (Wildman–Crippen LogP) is 2.24. The molecule has 0 saturated carbocycles. The number of para-hydroxylation sites is 1. The molecule has 0 radical (unpaired) electrons. The van der Waals surface area contributed by atoms with E-state index in [-0.39, 0.29) is 18.0 Å². The molecule has 90 valence electrons. The van der Waals surface area contributed by atoms with Gasteiger partial charge in [-0.1, -0.05) is 23.4 Å². The van der Waals surface area contributed by atoms with Gasteiger partial charge in [0.05, 0.1) is 12.5 Å². The molecule has 1 amide bonds. The van der Waals surface area contributed by atoms with E-state index in [2.05, 4.69) is 9.68 Å². The zero-order valence-corrected chi connectivity index (χ0v) is 9.61. The number of hydrogen-bond acceptors (Lipinski definition) is 4. The summed E-state index contributed by atoms with van der Waals surface area (Å²) in [5, 5.41) is 12.3. The monoisotopic (exact) mass is 241 g/mol. The van der Waals surface area contributed by atoms with Crippen molar-refractivity contribution in [2.45, 2.75) is 6.42 Å². The van der Waals surface area contributed by atoms with Gasteiger partial charge in [0.2, 0.25) is 0 Å². The molecule has 18 heavy (non-hydrogen) atoms. The van der Waals surface area contributed by atoms with Crippen molar-refractivity contribution in [1.29, 1.82) is 5.26 Å². The van der Waals surface area contributed by atoms with Crippen molar-refractivity contribution in [2.24, 2.45) is 0 Å². The highest BCUT2D eigenvalue weighted by Gasteiger charge is 2.19. The fourth-order valence-corrected chi connectivity index (χ4v) is 1.58. The van der Waals surface area contributed by atoms with Gasteiger partial charge in [-0.3, -0.25) is 4.79 Å². The lowest BCUT2D eigenvalue weighted by molar-refractivity contribution is 0.0979. The number of aromatic nitrogens is 1. The molecule has 0 N–H and O–H groups in total. The summed E-state index contributed by atoms with van der Waals surface area (Å²) >= 11 is 0. The van der Waals surface area contributed by atoms with Crippen LogP contribution < -0.4 is 4.90 Å². The summed E-state index contributed by atoms with van der Waals surface area (Å²) < 4.78 is 4.66. The number of rotatable bonds is 4. The summed E-state index contributed by atoms with van der Waals surface area (Å²) in [6.07, 6.45) is 1.61. The summed E-state index contributed by atoms with van der Waals surface area (Å²) in [7, 11) is 0. The molecule has 0 aliphatic carbocycles. The minimum Gasteiger partial charge on any atom is -0.364 e. The van der Waals surface area contributed by atoms with Gasteiger partial charge in [0.25, 0.3) is 5.91 Å². The van der Waals surface area contributed by atoms with E-state index in [4.69, 9.17) is 5.26 Å². The zero-order valence-electron chi connectivity index (χ0n) is 9.61. The molecule has 0 fully saturated rings. The van der Waals surface area contributed by atoms with E-state index < -0.39 is 0 Å². The Kier molecular flexibility index (Phi) is 3.72. The number of nitriles is 1. The van der Waals surface area contributed by atoms with Crippen LogP contribution in [0.15, 0.2) is 47.2 Å². The molecule has 0 aliphatic heterocycles. The summed E-state index contributed by atoms with van der Waals surface area (Å²) in [6, 6.07) is 12.7. The zero-order chi connectivity index (χ0) is 12.8. The Morgan fingerprint density at radius 2 is 2.11 bits per heavy atom. The standard InChI is InChI=1S/C13H11N3O2/c14-8-4-9-16(11-5-2-1-3-6-11)13(17)12-7-10-18-15-12/h1-3,5-7,10H,4,9H2. The molecule has 0 aliphatic rings. The van der Waals surface area contributed by atoms with Crippen molar-refractivity contribution in [3.8, 4) is 6.07 Å². The number of carbonyl (C=O) groups excluding carboxylic acids is 1. The molecule has 1 heterocycles. The smallest absolute Gasteiger partial charge is 0.280 e. The largest absolute Gasteiger partial charge is 0.364 e. The Labute approximate surface area is 104 Å². The normalized spacial score (nSPS) is 9.72. The van der Waals surface area contributed by atoms with Crippen LogP contribution >= 0.6 is 0 Å². The lowest BCUT2D eigenvalue weighted by Gasteiger charge is -2.20. The minimum atomic E-state index is -0.273. The maximum atomic E-state index is 12.2. The van der Waals surface area contributed by atoms with Gasteiger partial charge < -0.3 is 9.42 Å². The van der Waals surface area contributed by atoms with Gasteiger partial charge in [-0.2, -0.15) is 5.26 Å². The topological polar surface area (TPSA) is 70.1 Å². The average Bonchev–Trinajstić information content (AvgIpc) is 2.94. The van der Waals surface area contributed by atoms with Crippen LogP contribution in [0.25, 0.3) is 0 Å². The summed E-state index contributed by atoms with van der Waals surface area (Å²) in [5.41, 5.74) is 0.970. The Morgan fingerprint density at radius 1 is 1.33 bits per heavy atom. The van der Waals surface area contributed by atoms with Crippen LogP contribution in [0.4, 0.5) is 5.69 Å². The van der Waals surface area contributed by atoms with Crippen molar-refractivity contribution in [2.75, 3.05) is 11.4 Å². The highest BCUT2D eigenvalue weighted by Crippen LogP contribution is 2.16. The van der Waals surface area contributed by atoms with E-state index in [1.54, 1.807) is 0 Å². The molecule has 1 aromatic heterocycles. The van der Waals surface area contributed by atoms with Crippen molar-refractivity contribution in [3.63, 3.8) is 0 Å². The van der Waals surface area contributed by atoms with Crippen molar-refractivity contribution in [3.05, 3.63) is 48.4 Å². The van der Waals surface area contributed by atoms with E-state index in [0.29, 0.717) is 6.54 Å². The van der Waals surface area contributed by atoms with E-state index in [9.17, 15) is 4.79 Å². The van der Waals surface area contributed by atoms with Crippen molar-refractivity contribution >= 4 is 11.6 Å². The molecule has 5 heteroatoms. The Balaban J connectivity index is 2.26. The van der Waals surface area contributed by atoms with Gasteiger partial charge in [-0.15, -0.1) is 0 Å². The number of carbonyl (C=O) groups is 1. The van der Waals surface area contributed by atoms with E-state index in [1.807, 2.05) is 36.4 Å². The van der Waals surface area contributed by atoms with E-state index >= 15 is 0 Å². The molecule has 0 saturated heterocycles. The first-order valence-electron chi connectivity index (χ1n) is 5.47. The molecule has 0 bridgehead atoms. The number of amides is 1. The van der Waals surface area contributed by atoms with Crippen LogP contribution in [-0.2, 0) is 0 Å². The summed E-state index contributed by atoms with van der Waals surface area (Å²) in [6.45, 7) is 0.326. The molecule has 0 spiro atoms. The Morgan fingerprint density at radius 3 is 2.72 bits per heavy atom. The van der Waals surface area contributed by atoms with Crippen LogP contribution in [0.2, 0.25) is 0 Å².